The summed E-state index contributed by atoms with van der Waals surface area (Å²) in [5.74, 6) is 0. The fraction of sp³-hybridized carbons (Fsp3) is 0. The summed E-state index contributed by atoms with van der Waals surface area (Å²) in [6.07, 6.45) is 0. The van der Waals surface area contributed by atoms with Gasteiger partial charge < -0.3 is 85.4 Å². The monoisotopic (exact) mass is 344 g/mol. The van der Waals surface area contributed by atoms with E-state index in [4.69, 9.17) is 30.6 Å². The molecule has 0 aliphatic carbocycles. The van der Waals surface area contributed by atoms with E-state index in [-0.39, 0.29) is 92.5 Å². The van der Waals surface area contributed by atoms with Gasteiger partial charge in [-0.2, -0.15) is 0 Å². The summed E-state index contributed by atoms with van der Waals surface area (Å²) in [4.78, 5) is 16.5. The molecule has 20 N–H and O–H groups in total. The Bertz CT molecular complexity index is 72.7. The van der Waals surface area contributed by atoms with Crippen LogP contribution in [0.25, 0.3) is 0 Å². The largest absolute Gasteiger partial charge is 2.00 e. The Morgan fingerprint density at radius 2 is 0.421 bits per heavy atom. The molecule has 0 rings (SSSR count). The normalized spacial score (nSPS) is 2.53. The van der Waals surface area contributed by atoms with E-state index >= 15 is 0 Å². The van der Waals surface area contributed by atoms with Gasteiger partial charge in [-0.15, -0.1) is 0 Å². The van der Waals surface area contributed by atoms with E-state index in [9.17, 15) is 0 Å². The van der Waals surface area contributed by atoms with Crippen LogP contribution in [0.1, 0.15) is 0 Å². The first kappa shape index (κ1) is 197. The van der Waals surface area contributed by atoms with Crippen LogP contribution in [0.2, 0.25) is 0 Å². The Balaban J connectivity index is -0.00000000218. The summed E-state index contributed by atoms with van der Waals surface area (Å²) in [5, 5.41) is 29.5. The molecule has 0 aromatic rings. The quantitative estimate of drug-likeness (QED) is 0.232. The maximum atomic E-state index is 8.25. The third-order valence-corrected chi connectivity index (χ3v) is 0. The Morgan fingerprint density at radius 1 is 0.421 bits per heavy atom. The minimum Gasteiger partial charge on any atom is -0.412 e. The second-order valence-electron chi connectivity index (χ2n) is 0.447. The molecule has 0 bridgehead atoms. The molecule has 0 fully saturated rings. The summed E-state index contributed by atoms with van der Waals surface area (Å²) in [6, 6.07) is 0. The maximum Gasteiger partial charge on any atom is 2.00 e. The fourth-order valence-electron chi connectivity index (χ4n) is 0. The van der Waals surface area contributed by atoms with E-state index in [1.807, 2.05) is 0 Å². The standard InChI is InChI=1S/Ca.2NO3.10H2O/c;2*2-1(3)4;;;;;;;;;;/h;;;10*1H2/q+2;2*-1;;;;;;;;;;. The van der Waals surface area contributed by atoms with Crippen LogP contribution >= 0.6 is 0 Å². The van der Waals surface area contributed by atoms with E-state index < -0.39 is 10.2 Å². The molecule has 19 heteroatoms. The van der Waals surface area contributed by atoms with Gasteiger partial charge in [-0.1, -0.05) is 0 Å². The first-order valence-corrected chi connectivity index (χ1v) is 1.10. The van der Waals surface area contributed by atoms with Gasteiger partial charge in [0.1, 0.15) is 0 Å². The number of nitrogens with zero attached hydrogens (tertiary/aromatic N) is 2. The molecular formula is H20CaN2O16. The van der Waals surface area contributed by atoms with Crippen LogP contribution in [0.3, 0.4) is 0 Å². The molecule has 0 radical (unpaired) electrons. The van der Waals surface area contributed by atoms with Crippen molar-refractivity contribution in [2.24, 2.45) is 0 Å². The molecule has 128 valence electrons. The third kappa shape index (κ3) is 7330. The smallest absolute Gasteiger partial charge is 0.412 e. The molecular weight excluding hydrogens is 324 g/mol. The van der Waals surface area contributed by atoms with E-state index in [1.54, 1.807) is 0 Å². The van der Waals surface area contributed by atoms with Gasteiger partial charge in [-0.05, 0) is 0 Å². The Labute approximate surface area is 133 Å². The average molecular weight is 344 g/mol. The molecule has 0 aromatic heterocycles. The van der Waals surface area contributed by atoms with Gasteiger partial charge in [0.15, 0.2) is 0 Å². The Kier molecular flexibility index (Phi) is 1710. The first-order chi connectivity index (χ1) is 3.46. The van der Waals surface area contributed by atoms with Gasteiger partial charge in [0.05, 0.1) is 10.2 Å². The molecule has 0 spiro atoms. The van der Waals surface area contributed by atoms with Crippen LogP contribution in [0, 0.1) is 30.6 Å². The molecule has 0 atom stereocenters. The zero-order valence-corrected chi connectivity index (χ0v) is 11.3. The molecule has 0 saturated heterocycles. The van der Waals surface area contributed by atoms with Crippen LogP contribution in [0.5, 0.6) is 0 Å². The molecule has 0 aliphatic heterocycles. The van der Waals surface area contributed by atoms with Crippen molar-refractivity contribution in [2.45, 2.75) is 0 Å². The second-order valence-corrected chi connectivity index (χ2v) is 0.447. The van der Waals surface area contributed by atoms with Crippen LogP contribution in [-0.2, 0) is 0 Å². The van der Waals surface area contributed by atoms with Crippen molar-refractivity contribution < 1.29 is 64.9 Å². The van der Waals surface area contributed by atoms with Crippen LogP contribution in [0.15, 0.2) is 0 Å². The molecule has 18 nitrogen and oxygen atoms in total. The summed E-state index contributed by atoms with van der Waals surface area (Å²) in [6.45, 7) is 0. The Morgan fingerprint density at radius 3 is 0.421 bits per heavy atom. The van der Waals surface area contributed by atoms with Crippen LogP contribution in [0.4, 0.5) is 0 Å². The summed E-state index contributed by atoms with van der Waals surface area (Å²) in [5.41, 5.74) is 0. The second kappa shape index (κ2) is 165. The topological polar surface area (TPSA) is 447 Å². The minimum absolute atomic E-state index is 0. The predicted molar refractivity (Wildman–Crippen MR) is 62.6 cm³/mol. The molecule has 0 aromatic carbocycles. The van der Waals surface area contributed by atoms with Gasteiger partial charge in [-0.3, -0.25) is 0 Å². The van der Waals surface area contributed by atoms with Gasteiger partial charge >= 0.3 is 37.7 Å². The van der Waals surface area contributed by atoms with Crippen molar-refractivity contribution in [1.29, 1.82) is 0 Å². The van der Waals surface area contributed by atoms with Crippen LogP contribution < -0.4 is 0 Å². The van der Waals surface area contributed by atoms with E-state index in [0.717, 1.165) is 0 Å². The van der Waals surface area contributed by atoms with Crippen LogP contribution in [-0.4, -0.2) is 103 Å². The molecule has 19 heavy (non-hydrogen) atoms. The van der Waals surface area contributed by atoms with Crippen molar-refractivity contribution >= 4 is 37.7 Å². The van der Waals surface area contributed by atoms with Crippen molar-refractivity contribution in [3.05, 3.63) is 30.6 Å². The van der Waals surface area contributed by atoms with Gasteiger partial charge in [-0.25, -0.2) is 0 Å². The average Bonchev–Trinajstić information content (AvgIpc) is 1.25. The van der Waals surface area contributed by atoms with Crippen molar-refractivity contribution in [3.63, 3.8) is 0 Å². The predicted octanol–water partition coefficient (Wildman–Crippen LogP) is -9.11. The number of hydrogen-bond donors (Lipinski definition) is 0. The first-order valence-electron chi connectivity index (χ1n) is 1.10. The summed E-state index contributed by atoms with van der Waals surface area (Å²) >= 11 is 0. The summed E-state index contributed by atoms with van der Waals surface area (Å²) < 4.78 is 0. The zero-order chi connectivity index (χ0) is 7.15. The zero-order valence-electron chi connectivity index (χ0n) is 9.05. The van der Waals surface area contributed by atoms with Crippen molar-refractivity contribution in [1.82, 2.24) is 0 Å². The number of rotatable bonds is 0. The van der Waals surface area contributed by atoms with Crippen molar-refractivity contribution in [2.75, 3.05) is 0 Å². The van der Waals surface area contributed by atoms with Gasteiger partial charge in [0, 0.05) is 0 Å². The van der Waals surface area contributed by atoms with Crippen molar-refractivity contribution in [3.8, 4) is 0 Å². The van der Waals surface area contributed by atoms with E-state index in [1.165, 1.54) is 0 Å². The molecule has 0 aliphatic rings. The fourth-order valence-corrected chi connectivity index (χ4v) is 0. The Hall–Kier alpha value is -0.740. The molecule has 0 unspecified atom stereocenters. The molecule has 0 saturated carbocycles. The third-order valence-electron chi connectivity index (χ3n) is 0. The maximum absolute atomic E-state index is 8.25. The minimum atomic E-state index is -1.75. The number of hydrogen-bond acceptors (Lipinski definition) is 6. The SMILES string of the molecule is O.O.O.O.O.O.O.O.O.O.O=[N+]([O-])[O-].O=[N+]([O-])[O-].[Ca+2]. The van der Waals surface area contributed by atoms with Gasteiger partial charge in [0.25, 0.3) is 0 Å². The van der Waals surface area contributed by atoms with Gasteiger partial charge in [0.2, 0.25) is 0 Å². The van der Waals surface area contributed by atoms with E-state index in [2.05, 4.69) is 0 Å². The summed E-state index contributed by atoms with van der Waals surface area (Å²) in [7, 11) is 0. The molecule has 0 heterocycles. The molecule has 0 amide bonds. The van der Waals surface area contributed by atoms with E-state index in [0.29, 0.717) is 0 Å².